The number of likely N-dealkylation sites (tertiary alicyclic amines) is 1. The monoisotopic (exact) mass is 284 g/mol. The number of aliphatic hydroxyl groups excluding tert-OH is 1. The molecular formula is C13H20N2O3S. The average molecular weight is 284 g/mol. The van der Waals surface area contributed by atoms with Gasteiger partial charge in [-0.25, -0.2) is 4.79 Å². The summed E-state index contributed by atoms with van der Waals surface area (Å²) >= 11 is 1.57. The Kier molecular flexibility index (Phi) is 4.10. The Morgan fingerprint density at radius 3 is 2.89 bits per heavy atom. The highest BCUT2D eigenvalue weighted by atomic mass is 32.1. The van der Waals surface area contributed by atoms with Crippen LogP contribution in [0.1, 0.15) is 25.6 Å². The summed E-state index contributed by atoms with van der Waals surface area (Å²) in [5.74, 6) is 0.0629. The predicted molar refractivity (Wildman–Crippen MR) is 73.1 cm³/mol. The first kappa shape index (κ1) is 14.3. The standard InChI is InChI=1S/C13H20N2O3S/c1-13(2,3)18-12(17)15-6-9(11(16)7-15)4-10-5-14-8-19-10/h5,8-9,11,16H,4,6-7H2,1-3H3/t9-,11-/m1/s1. The van der Waals surface area contributed by atoms with Gasteiger partial charge in [-0.3, -0.25) is 4.98 Å². The van der Waals surface area contributed by atoms with Gasteiger partial charge in [-0.15, -0.1) is 11.3 Å². The van der Waals surface area contributed by atoms with Gasteiger partial charge < -0.3 is 14.7 Å². The number of thiazole rings is 1. The summed E-state index contributed by atoms with van der Waals surface area (Å²) < 4.78 is 5.32. The minimum atomic E-state index is -0.502. The van der Waals surface area contributed by atoms with E-state index in [9.17, 15) is 9.90 Å². The van der Waals surface area contributed by atoms with Gasteiger partial charge in [-0.05, 0) is 27.2 Å². The molecule has 1 saturated heterocycles. The van der Waals surface area contributed by atoms with E-state index in [-0.39, 0.29) is 12.0 Å². The molecule has 0 bridgehead atoms. The Morgan fingerprint density at radius 2 is 2.32 bits per heavy atom. The fourth-order valence-electron chi connectivity index (χ4n) is 2.13. The number of hydrogen-bond acceptors (Lipinski definition) is 5. The van der Waals surface area contributed by atoms with E-state index >= 15 is 0 Å². The molecule has 6 heteroatoms. The fraction of sp³-hybridized carbons (Fsp3) is 0.692. The summed E-state index contributed by atoms with van der Waals surface area (Å²) in [4.78, 5) is 18.7. The van der Waals surface area contributed by atoms with E-state index in [2.05, 4.69) is 4.98 Å². The van der Waals surface area contributed by atoms with Crippen LogP contribution in [-0.4, -0.2) is 45.9 Å². The Morgan fingerprint density at radius 1 is 1.58 bits per heavy atom. The van der Waals surface area contributed by atoms with Gasteiger partial charge >= 0.3 is 6.09 Å². The van der Waals surface area contributed by atoms with Crippen LogP contribution in [0.3, 0.4) is 0 Å². The molecule has 1 amide bonds. The third-order valence-corrected chi connectivity index (χ3v) is 3.81. The molecule has 0 aliphatic carbocycles. The topological polar surface area (TPSA) is 62.7 Å². The summed E-state index contributed by atoms with van der Waals surface area (Å²) in [6, 6.07) is 0. The van der Waals surface area contributed by atoms with Gasteiger partial charge in [0.1, 0.15) is 5.60 Å². The van der Waals surface area contributed by atoms with E-state index in [0.29, 0.717) is 13.1 Å². The van der Waals surface area contributed by atoms with Crippen molar-refractivity contribution >= 4 is 17.4 Å². The van der Waals surface area contributed by atoms with E-state index in [1.54, 1.807) is 21.7 Å². The molecule has 2 rings (SSSR count). The summed E-state index contributed by atoms with van der Waals surface area (Å²) in [6.07, 6.45) is 1.73. The van der Waals surface area contributed by atoms with E-state index in [4.69, 9.17) is 4.74 Å². The number of β-amino-alcohol motifs (C(OH)–C–C–N with tert-alkyl or cyclic N) is 1. The van der Waals surface area contributed by atoms with Gasteiger partial charge in [0.15, 0.2) is 0 Å². The SMILES string of the molecule is CC(C)(C)OC(=O)N1C[C@@H](Cc2cncs2)[C@H](O)C1. The van der Waals surface area contributed by atoms with Gasteiger partial charge in [0, 0.05) is 23.5 Å². The zero-order valence-electron chi connectivity index (χ0n) is 11.5. The molecule has 0 aromatic carbocycles. The van der Waals surface area contributed by atoms with Crippen LogP contribution in [0.2, 0.25) is 0 Å². The van der Waals surface area contributed by atoms with E-state index in [1.165, 1.54) is 0 Å². The minimum absolute atomic E-state index is 0.0629. The number of aromatic nitrogens is 1. The summed E-state index contributed by atoms with van der Waals surface area (Å²) in [5, 5.41) is 10.0. The summed E-state index contributed by atoms with van der Waals surface area (Å²) in [7, 11) is 0. The van der Waals surface area contributed by atoms with Crippen molar-refractivity contribution in [2.75, 3.05) is 13.1 Å². The Balaban J connectivity index is 1.91. The van der Waals surface area contributed by atoms with Crippen LogP contribution >= 0.6 is 11.3 Å². The van der Waals surface area contributed by atoms with E-state index < -0.39 is 11.7 Å². The lowest BCUT2D eigenvalue weighted by atomic mass is 10.0. The Bertz CT molecular complexity index is 428. The Hall–Kier alpha value is -1.14. The van der Waals surface area contributed by atoms with Crippen LogP contribution in [-0.2, 0) is 11.2 Å². The molecule has 1 aliphatic heterocycles. The molecule has 2 atom stereocenters. The van der Waals surface area contributed by atoms with Crippen molar-refractivity contribution in [3.8, 4) is 0 Å². The van der Waals surface area contributed by atoms with Crippen LogP contribution in [0, 0.1) is 5.92 Å². The molecule has 1 aromatic heterocycles. The predicted octanol–water partition coefficient (Wildman–Crippen LogP) is 1.91. The second-order valence-electron chi connectivity index (χ2n) is 5.88. The van der Waals surface area contributed by atoms with Crippen LogP contribution < -0.4 is 0 Å². The first-order chi connectivity index (χ1) is 8.85. The number of nitrogens with zero attached hydrogens (tertiary/aromatic N) is 2. The maximum Gasteiger partial charge on any atom is 0.410 e. The molecular weight excluding hydrogens is 264 g/mol. The molecule has 0 unspecified atom stereocenters. The van der Waals surface area contributed by atoms with Gasteiger partial charge in [0.2, 0.25) is 0 Å². The third-order valence-electron chi connectivity index (χ3n) is 3.01. The molecule has 1 fully saturated rings. The zero-order valence-corrected chi connectivity index (χ0v) is 12.3. The molecule has 2 heterocycles. The lowest BCUT2D eigenvalue weighted by Gasteiger charge is -2.24. The second-order valence-corrected chi connectivity index (χ2v) is 6.86. The highest BCUT2D eigenvalue weighted by molar-refractivity contribution is 7.09. The lowest BCUT2D eigenvalue weighted by molar-refractivity contribution is 0.0270. The molecule has 1 aliphatic rings. The van der Waals surface area contributed by atoms with Crippen molar-refractivity contribution < 1.29 is 14.6 Å². The van der Waals surface area contributed by atoms with Crippen molar-refractivity contribution in [3.63, 3.8) is 0 Å². The van der Waals surface area contributed by atoms with Crippen molar-refractivity contribution in [2.45, 2.75) is 38.9 Å². The van der Waals surface area contributed by atoms with Crippen molar-refractivity contribution in [1.82, 2.24) is 9.88 Å². The van der Waals surface area contributed by atoms with Crippen molar-refractivity contribution in [2.24, 2.45) is 5.92 Å². The zero-order chi connectivity index (χ0) is 14.0. The molecule has 1 aromatic rings. The normalized spacial score (nSPS) is 23.7. The van der Waals surface area contributed by atoms with Crippen molar-refractivity contribution in [1.29, 1.82) is 0 Å². The molecule has 0 radical (unpaired) electrons. The molecule has 106 valence electrons. The maximum absolute atomic E-state index is 11.9. The first-order valence-corrected chi connectivity index (χ1v) is 7.26. The van der Waals surface area contributed by atoms with Crippen LogP contribution in [0.15, 0.2) is 11.7 Å². The highest BCUT2D eigenvalue weighted by Gasteiger charge is 2.36. The molecule has 5 nitrogen and oxygen atoms in total. The van der Waals surface area contributed by atoms with Crippen LogP contribution in [0.5, 0.6) is 0 Å². The molecule has 0 spiro atoms. The number of ether oxygens (including phenoxy) is 1. The minimum Gasteiger partial charge on any atom is -0.444 e. The van der Waals surface area contributed by atoms with Crippen molar-refractivity contribution in [3.05, 3.63) is 16.6 Å². The number of rotatable bonds is 2. The Labute approximate surface area is 117 Å². The average Bonchev–Trinajstić information content (AvgIpc) is 2.88. The van der Waals surface area contributed by atoms with Crippen LogP contribution in [0.4, 0.5) is 4.79 Å². The summed E-state index contributed by atoms with van der Waals surface area (Å²) in [5.41, 5.74) is 1.28. The maximum atomic E-state index is 11.9. The molecule has 1 N–H and O–H groups in total. The fourth-order valence-corrected chi connectivity index (χ4v) is 2.82. The van der Waals surface area contributed by atoms with E-state index in [0.717, 1.165) is 11.3 Å². The molecule has 0 saturated carbocycles. The highest BCUT2D eigenvalue weighted by Crippen LogP contribution is 2.24. The number of amides is 1. The van der Waals surface area contributed by atoms with E-state index in [1.807, 2.05) is 27.0 Å². The number of hydrogen-bond donors (Lipinski definition) is 1. The summed E-state index contributed by atoms with van der Waals surface area (Å²) in [6.45, 7) is 6.40. The van der Waals surface area contributed by atoms with Crippen LogP contribution in [0.25, 0.3) is 0 Å². The largest absolute Gasteiger partial charge is 0.444 e. The quantitative estimate of drug-likeness (QED) is 0.901. The number of aliphatic hydroxyl groups is 1. The first-order valence-electron chi connectivity index (χ1n) is 6.38. The lowest BCUT2D eigenvalue weighted by Crippen LogP contribution is -2.35. The smallest absolute Gasteiger partial charge is 0.410 e. The van der Waals surface area contributed by atoms with Gasteiger partial charge in [-0.1, -0.05) is 0 Å². The van der Waals surface area contributed by atoms with Gasteiger partial charge in [0.05, 0.1) is 18.2 Å². The third kappa shape index (κ3) is 3.91. The molecule has 19 heavy (non-hydrogen) atoms. The van der Waals surface area contributed by atoms with Gasteiger partial charge in [-0.2, -0.15) is 0 Å². The second kappa shape index (κ2) is 5.46. The number of carbonyl (C=O) groups is 1. The van der Waals surface area contributed by atoms with Gasteiger partial charge in [0.25, 0.3) is 0 Å². The number of carbonyl (C=O) groups excluding carboxylic acids is 1.